The fraction of sp³-hybridized carbons (Fsp3) is 0.407. The Hall–Kier alpha value is -3.06. The van der Waals surface area contributed by atoms with E-state index >= 15 is 0 Å². The monoisotopic (exact) mass is 415 g/mol. The second-order valence-electron chi connectivity index (χ2n) is 9.33. The van der Waals surface area contributed by atoms with Crippen molar-refractivity contribution >= 4 is 23.4 Å². The molecule has 0 radical (unpaired) electrons. The summed E-state index contributed by atoms with van der Waals surface area (Å²) in [4.78, 5) is 15.2. The molecule has 1 aliphatic heterocycles. The first-order valence-corrected chi connectivity index (χ1v) is 11.1. The van der Waals surface area contributed by atoms with Gasteiger partial charge in [0.1, 0.15) is 11.6 Å². The Kier molecular flexibility index (Phi) is 6.55. The van der Waals surface area contributed by atoms with Crippen LogP contribution in [0, 0.1) is 25.2 Å². The highest BCUT2D eigenvalue weighted by Crippen LogP contribution is 2.43. The summed E-state index contributed by atoms with van der Waals surface area (Å²) in [6, 6.07) is 14.2. The molecule has 2 aromatic carbocycles. The van der Waals surface area contributed by atoms with Gasteiger partial charge >= 0.3 is 0 Å². The lowest BCUT2D eigenvalue weighted by molar-refractivity contribution is -0.112. The number of rotatable bonds is 5. The Morgan fingerprint density at radius 2 is 2.00 bits per heavy atom. The summed E-state index contributed by atoms with van der Waals surface area (Å²) in [5.41, 5.74) is 6.50. The van der Waals surface area contributed by atoms with Crippen LogP contribution in [0.2, 0.25) is 0 Å². The van der Waals surface area contributed by atoms with E-state index in [9.17, 15) is 10.1 Å². The molecular formula is C27H33N3O. The molecule has 1 unspecified atom stereocenters. The zero-order valence-corrected chi connectivity index (χ0v) is 19.5. The second kappa shape index (κ2) is 8.98. The Morgan fingerprint density at radius 3 is 2.65 bits per heavy atom. The van der Waals surface area contributed by atoms with Crippen LogP contribution in [-0.2, 0) is 4.79 Å². The normalized spacial score (nSPS) is 17.6. The van der Waals surface area contributed by atoms with Crippen LogP contribution >= 0.6 is 0 Å². The van der Waals surface area contributed by atoms with Crippen molar-refractivity contribution in [1.29, 1.82) is 5.26 Å². The van der Waals surface area contributed by atoms with E-state index in [1.54, 1.807) is 6.08 Å². The lowest BCUT2D eigenvalue weighted by Crippen LogP contribution is -2.48. The first-order chi connectivity index (χ1) is 14.7. The van der Waals surface area contributed by atoms with Gasteiger partial charge in [-0.3, -0.25) is 4.79 Å². The summed E-state index contributed by atoms with van der Waals surface area (Å²) in [5.74, 6) is 0.0370. The van der Waals surface area contributed by atoms with Crippen LogP contribution in [0.25, 0.3) is 6.08 Å². The quantitative estimate of drug-likeness (QED) is 0.457. The maximum absolute atomic E-state index is 12.8. The van der Waals surface area contributed by atoms with E-state index in [-0.39, 0.29) is 17.0 Å². The lowest BCUT2D eigenvalue weighted by Gasteiger charge is -2.47. The summed E-state index contributed by atoms with van der Waals surface area (Å²) in [6.07, 6.45) is 3.86. The van der Waals surface area contributed by atoms with E-state index in [1.807, 2.05) is 38.1 Å². The first-order valence-electron chi connectivity index (χ1n) is 11.1. The third-order valence-electron chi connectivity index (χ3n) is 6.16. The van der Waals surface area contributed by atoms with Gasteiger partial charge in [0.15, 0.2) is 0 Å². The molecule has 4 nitrogen and oxygen atoms in total. The van der Waals surface area contributed by atoms with Gasteiger partial charge in [0.05, 0.1) is 0 Å². The van der Waals surface area contributed by atoms with Crippen molar-refractivity contribution in [2.24, 2.45) is 0 Å². The summed E-state index contributed by atoms with van der Waals surface area (Å²) in [7, 11) is 0. The largest absolute Gasteiger partial charge is 0.366 e. The average Bonchev–Trinajstić information content (AvgIpc) is 2.71. The highest BCUT2D eigenvalue weighted by atomic mass is 16.1. The highest BCUT2D eigenvalue weighted by Gasteiger charge is 2.35. The number of nitriles is 1. The molecule has 1 atom stereocenters. The van der Waals surface area contributed by atoms with Crippen LogP contribution in [0.15, 0.2) is 42.0 Å². The van der Waals surface area contributed by atoms with Crippen molar-refractivity contribution in [3.63, 3.8) is 0 Å². The molecule has 0 bridgehead atoms. The molecule has 3 rings (SSSR count). The van der Waals surface area contributed by atoms with E-state index < -0.39 is 0 Å². The molecule has 0 saturated heterocycles. The van der Waals surface area contributed by atoms with Crippen molar-refractivity contribution in [3.8, 4) is 6.07 Å². The van der Waals surface area contributed by atoms with Gasteiger partial charge in [-0.05, 0) is 87.4 Å². The van der Waals surface area contributed by atoms with Gasteiger partial charge in [0, 0.05) is 23.5 Å². The Labute approximate surface area is 186 Å². The SMILES string of the molecule is CCCN1c2ccc(/C=C(\C#N)C(=O)Nc3ccc(C)cc3C)cc2C(C)CC1(C)C. The number of benzene rings is 2. The maximum atomic E-state index is 12.8. The number of nitrogens with zero attached hydrogens (tertiary/aromatic N) is 2. The number of carbonyl (C=O) groups excluding carboxylic acids is 1. The third kappa shape index (κ3) is 4.82. The van der Waals surface area contributed by atoms with Gasteiger partial charge in [-0.1, -0.05) is 37.6 Å². The standard InChI is InChI=1S/C27H33N3O/c1-7-12-30-25-11-9-21(15-23(25)20(4)16-27(30,5)6)14-22(17-28)26(31)29-24-10-8-18(2)13-19(24)3/h8-11,13-15,20H,7,12,16H2,1-6H3,(H,29,31)/b22-14+. The van der Waals surface area contributed by atoms with Gasteiger partial charge in [-0.2, -0.15) is 5.26 Å². The van der Waals surface area contributed by atoms with Crippen molar-refractivity contribution in [3.05, 3.63) is 64.2 Å². The van der Waals surface area contributed by atoms with E-state index in [0.29, 0.717) is 5.92 Å². The van der Waals surface area contributed by atoms with Crippen LogP contribution < -0.4 is 10.2 Å². The topological polar surface area (TPSA) is 56.1 Å². The number of anilines is 2. The lowest BCUT2D eigenvalue weighted by atomic mass is 9.79. The Balaban J connectivity index is 1.91. The molecule has 31 heavy (non-hydrogen) atoms. The molecule has 0 spiro atoms. The van der Waals surface area contributed by atoms with Crippen molar-refractivity contribution in [2.75, 3.05) is 16.8 Å². The molecule has 1 heterocycles. The smallest absolute Gasteiger partial charge is 0.266 e. The van der Waals surface area contributed by atoms with Crippen molar-refractivity contribution < 1.29 is 4.79 Å². The predicted octanol–water partition coefficient (Wildman–Crippen LogP) is 6.35. The van der Waals surface area contributed by atoms with Crippen LogP contribution in [0.4, 0.5) is 11.4 Å². The number of nitrogens with one attached hydrogen (secondary N) is 1. The maximum Gasteiger partial charge on any atom is 0.266 e. The zero-order chi connectivity index (χ0) is 22.8. The predicted molar refractivity (Wildman–Crippen MR) is 129 cm³/mol. The molecule has 0 saturated carbocycles. The minimum atomic E-state index is -0.381. The van der Waals surface area contributed by atoms with Crippen LogP contribution in [0.3, 0.4) is 0 Å². The molecular weight excluding hydrogens is 382 g/mol. The third-order valence-corrected chi connectivity index (χ3v) is 6.16. The van der Waals surface area contributed by atoms with Crippen LogP contribution in [-0.4, -0.2) is 18.0 Å². The number of aryl methyl sites for hydroxylation is 2. The number of fused-ring (bicyclic) bond motifs is 1. The summed E-state index contributed by atoms with van der Waals surface area (Å²) < 4.78 is 0. The molecule has 0 aliphatic carbocycles. The van der Waals surface area contributed by atoms with Crippen LogP contribution in [0.5, 0.6) is 0 Å². The van der Waals surface area contributed by atoms with Gasteiger partial charge in [0.25, 0.3) is 5.91 Å². The van der Waals surface area contributed by atoms with Crippen molar-refractivity contribution in [2.45, 2.75) is 65.8 Å². The fourth-order valence-electron chi connectivity index (χ4n) is 4.70. The molecule has 1 amide bonds. The highest BCUT2D eigenvalue weighted by molar-refractivity contribution is 6.10. The van der Waals surface area contributed by atoms with Gasteiger partial charge < -0.3 is 10.2 Å². The first kappa shape index (κ1) is 22.6. The van der Waals surface area contributed by atoms with Crippen molar-refractivity contribution in [1.82, 2.24) is 0 Å². The average molecular weight is 416 g/mol. The fourth-order valence-corrected chi connectivity index (χ4v) is 4.70. The minimum absolute atomic E-state index is 0.106. The molecule has 0 aromatic heterocycles. The number of amides is 1. The molecule has 4 heteroatoms. The minimum Gasteiger partial charge on any atom is -0.366 e. The van der Waals surface area contributed by atoms with E-state index in [1.165, 1.54) is 11.3 Å². The number of hydrogen-bond donors (Lipinski definition) is 1. The van der Waals surface area contributed by atoms with E-state index in [2.05, 4.69) is 56.1 Å². The Morgan fingerprint density at radius 1 is 1.26 bits per heavy atom. The molecule has 0 fully saturated rings. The molecule has 1 N–H and O–H groups in total. The molecule has 162 valence electrons. The Bertz CT molecular complexity index is 1060. The van der Waals surface area contributed by atoms with Gasteiger partial charge in [0.2, 0.25) is 0 Å². The number of carbonyl (C=O) groups is 1. The van der Waals surface area contributed by atoms with Gasteiger partial charge in [-0.15, -0.1) is 0 Å². The summed E-state index contributed by atoms with van der Waals surface area (Å²) in [5, 5.41) is 12.5. The van der Waals surface area contributed by atoms with Gasteiger partial charge in [-0.25, -0.2) is 0 Å². The second-order valence-corrected chi connectivity index (χ2v) is 9.33. The summed E-state index contributed by atoms with van der Waals surface area (Å²) in [6.45, 7) is 14.1. The summed E-state index contributed by atoms with van der Waals surface area (Å²) >= 11 is 0. The van der Waals surface area contributed by atoms with Crippen LogP contribution in [0.1, 0.15) is 68.7 Å². The zero-order valence-electron chi connectivity index (χ0n) is 19.5. The number of hydrogen-bond acceptors (Lipinski definition) is 3. The molecule has 1 aliphatic rings. The molecule has 2 aromatic rings. The van der Waals surface area contributed by atoms with E-state index in [0.717, 1.165) is 41.8 Å². The van der Waals surface area contributed by atoms with E-state index in [4.69, 9.17) is 0 Å².